The minimum Gasteiger partial charge on any atom is -0.497 e. The van der Waals surface area contributed by atoms with Crippen LogP contribution in [0.2, 0.25) is 0 Å². The van der Waals surface area contributed by atoms with Crippen LogP contribution >= 0.6 is 0 Å². The fraction of sp³-hybridized carbons (Fsp3) is 0.600. The van der Waals surface area contributed by atoms with Crippen molar-refractivity contribution in [3.8, 4) is 11.5 Å². The second-order valence-corrected chi connectivity index (χ2v) is 5.40. The first-order chi connectivity index (χ1) is 9.11. The van der Waals surface area contributed by atoms with Gasteiger partial charge in [-0.1, -0.05) is 6.07 Å². The predicted molar refractivity (Wildman–Crippen MR) is 77.2 cm³/mol. The van der Waals surface area contributed by atoms with Crippen molar-refractivity contribution in [3.63, 3.8) is 0 Å². The number of nitrogens with zero attached hydrogens (tertiary/aromatic N) is 1. The molecule has 4 nitrogen and oxygen atoms in total. The maximum atomic E-state index is 5.50. The third-order valence-electron chi connectivity index (χ3n) is 4.18. The predicted octanol–water partition coefficient (Wildman–Crippen LogP) is 1.54. The minimum atomic E-state index is 0.182. The Labute approximate surface area is 115 Å². The third kappa shape index (κ3) is 2.85. The topological polar surface area (TPSA) is 33.7 Å². The Morgan fingerprint density at radius 3 is 2.58 bits per heavy atom. The molecule has 1 aromatic carbocycles. The molecular formula is C15H24N2O2. The number of methoxy groups -OCH3 is 2. The number of ether oxygens (including phenoxy) is 2. The van der Waals surface area contributed by atoms with Gasteiger partial charge in [-0.25, -0.2) is 0 Å². The van der Waals surface area contributed by atoms with Crippen molar-refractivity contribution in [2.24, 2.45) is 0 Å². The van der Waals surface area contributed by atoms with E-state index in [0.717, 1.165) is 37.4 Å². The summed E-state index contributed by atoms with van der Waals surface area (Å²) >= 11 is 0. The van der Waals surface area contributed by atoms with Crippen molar-refractivity contribution in [1.29, 1.82) is 0 Å². The Kier molecular flexibility index (Phi) is 4.32. The Bertz CT molecular complexity index is 426. The number of benzene rings is 1. The molecule has 19 heavy (non-hydrogen) atoms. The molecule has 1 atom stereocenters. The number of nitrogens with one attached hydrogen (secondary N) is 1. The van der Waals surface area contributed by atoms with E-state index in [9.17, 15) is 0 Å². The van der Waals surface area contributed by atoms with Crippen LogP contribution in [0.15, 0.2) is 18.2 Å². The second-order valence-electron chi connectivity index (χ2n) is 5.40. The van der Waals surface area contributed by atoms with Gasteiger partial charge in [0, 0.05) is 18.2 Å². The van der Waals surface area contributed by atoms with E-state index in [0.29, 0.717) is 0 Å². The molecular weight excluding hydrogens is 240 g/mol. The highest BCUT2D eigenvalue weighted by molar-refractivity contribution is 5.41. The molecule has 1 aromatic rings. The lowest BCUT2D eigenvalue weighted by atomic mass is 9.88. The van der Waals surface area contributed by atoms with Crippen molar-refractivity contribution in [2.45, 2.75) is 18.4 Å². The van der Waals surface area contributed by atoms with E-state index in [1.807, 2.05) is 12.1 Å². The van der Waals surface area contributed by atoms with E-state index in [2.05, 4.69) is 30.4 Å². The summed E-state index contributed by atoms with van der Waals surface area (Å²) in [5.74, 6) is 1.75. The molecule has 0 bridgehead atoms. The van der Waals surface area contributed by atoms with Gasteiger partial charge in [-0.05, 0) is 45.1 Å². The van der Waals surface area contributed by atoms with E-state index < -0.39 is 0 Å². The molecule has 2 rings (SSSR count). The number of hydrogen-bond donors (Lipinski definition) is 1. The standard InChI is InChI=1S/C15H24N2O2/c1-17(2)15(7-8-16-11-15)10-12-5-6-13(18-3)9-14(12)19-4/h5-6,9,16H,7-8,10-11H2,1-4H3. The van der Waals surface area contributed by atoms with Gasteiger partial charge < -0.3 is 19.7 Å². The summed E-state index contributed by atoms with van der Waals surface area (Å²) in [4.78, 5) is 2.33. The highest BCUT2D eigenvalue weighted by atomic mass is 16.5. The van der Waals surface area contributed by atoms with Gasteiger partial charge in [0.1, 0.15) is 11.5 Å². The summed E-state index contributed by atoms with van der Waals surface area (Å²) < 4.78 is 10.8. The number of rotatable bonds is 5. The monoisotopic (exact) mass is 264 g/mol. The zero-order valence-electron chi connectivity index (χ0n) is 12.3. The number of likely N-dealkylation sites (N-methyl/N-ethyl adjacent to an activating group) is 1. The third-order valence-corrected chi connectivity index (χ3v) is 4.18. The molecule has 1 aliphatic heterocycles. The molecule has 0 amide bonds. The van der Waals surface area contributed by atoms with Crippen molar-refractivity contribution >= 4 is 0 Å². The maximum absolute atomic E-state index is 5.50. The van der Waals surface area contributed by atoms with Gasteiger partial charge in [0.2, 0.25) is 0 Å². The molecule has 1 N–H and O–H groups in total. The quantitative estimate of drug-likeness (QED) is 0.874. The smallest absolute Gasteiger partial charge is 0.125 e. The molecule has 0 radical (unpaired) electrons. The summed E-state index contributed by atoms with van der Waals surface area (Å²) in [6.07, 6.45) is 2.15. The van der Waals surface area contributed by atoms with Crippen molar-refractivity contribution in [1.82, 2.24) is 10.2 Å². The van der Waals surface area contributed by atoms with Gasteiger partial charge in [-0.15, -0.1) is 0 Å². The van der Waals surface area contributed by atoms with E-state index in [1.165, 1.54) is 5.56 Å². The Morgan fingerprint density at radius 2 is 2.05 bits per heavy atom. The Balaban J connectivity index is 2.26. The summed E-state index contributed by atoms with van der Waals surface area (Å²) in [5, 5.41) is 3.47. The fourth-order valence-corrected chi connectivity index (χ4v) is 2.77. The molecule has 0 spiro atoms. The van der Waals surface area contributed by atoms with Gasteiger partial charge >= 0.3 is 0 Å². The molecule has 0 aromatic heterocycles. The molecule has 1 aliphatic rings. The summed E-state index contributed by atoms with van der Waals surface area (Å²) in [6, 6.07) is 6.08. The normalized spacial score (nSPS) is 22.8. The Hall–Kier alpha value is -1.26. The molecule has 1 unspecified atom stereocenters. The second kappa shape index (κ2) is 5.80. The zero-order chi connectivity index (χ0) is 13.9. The highest BCUT2D eigenvalue weighted by Gasteiger charge is 2.36. The molecule has 0 aliphatic carbocycles. The lowest BCUT2D eigenvalue weighted by Crippen LogP contribution is -2.48. The zero-order valence-corrected chi connectivity index (χ0v) is 12.3. The SMILES string of the molecule is COc1ccc(CC2(N(C)C)CCNC2)c(OC)c1. The van der Waals surface area contributed by atoms with E-state index in [4.69, 9.17) is 9.47 Å². The lowest BCUT2D eigenvalue weighted by Gasteiger charge is -2.36. The van der Waals surface area contributed by atoms with Crippen molar-refractivity contribution < 1.29 is 9.47 Å². The average molecular weight is 264 g/mol. The molecule has 0 saturated carbocycles. The first-order valence-corrected chi connectivity index (χ1v) is 6.70. The molecule has 106 valence electrons. The molecule has 1 heterocycles. The van der Waals surface area contributed by atoms with E-state index >= 15 is 0 Å². The van der Waals surface area contributed by atoms with Crippen LogP contribution in [-0.2, 0) is 6.42 Å². The van der Waals surface area contributed by atoms with Crippen LogP contribution in [0.5, 0.6) is 11.5 Å². The van der Waals surface area contributed by atoms with Crippen molar-refractivity contribution in [3.05, 3.63) is 23.8 Å². The maximum Gasteiger partial charge on any atom is 0.125 e. The van der Waals surface area contributed by atoms with Crippen LogP contribution < -0.4 is 14.8 Å². The van der Waals surface area contributed by atoms with Gasteiger partial charge in [-0.2, -0.15) is 0 Å². The van der Waals surface area contributed by atoms with Gasteiger partial charge in [0.05, 0.1) is 14.2 Å². The van der Waals surface area contributed by atoms with Crippen LogP contribution in [0.25, 0.3) is 0 Å². The van der Waals surface area contributed by atoms with Crippen LogP contribution in [-0.4, -0.2) is 51.8 Å². The highest BCUT2D eigenvalue weighted by Crippen LogP contribution is 2.32. The first kappa shape index (κ1) is 14.2. The summed E-state index contributed by atoms with van der Waals surface area (Å²) in [6.45, 7) is 2.10. The van der Waals surface area contributed by atoms with Gasteiger partial charge in [0.25, 0.3) is 0 Å². The van der Waals surface area contributed by atoms with E-state index in [1.54, 1.807) is 14.2 Å². The molecule has 4 heteroatoms. The average Bonchev–Trinajstić information content (AvgIpc) is 2.89. The van der Waals surface area contributed by atoms with Crippen LogP contribution in [0, 0.1) is 0 Å². The number of hydrogen-bond acceptors (Lipinski definition) is 4. The molecule has 1 saturated heterocycles. The summed E-state index contributed by atoms with van der Waals surface area (Å²) in [5.41, 5.74) is 1.42. The van der Waals surface area contributed by atoms with Gasteiger partial charge in [-0.3, -0.25) is 0 Å². The van der Waals surface area contributed by atoms with Gasteiger partial charge in [0.15, 0.2) is 0 Å². The minimum absolute atomic E-state index is 0.182. The summed E-state index contributed by atoms with van der Waals surface area (Å²) in [7, 11) is 7.70. The van der Waals surface area contributed by atoms with Crippen LogP contribution in [0.4, 0.5) is 0 Å². The van der Waals surface area contributed by atoms with Crippen molar-refractivity contribution in [2.75, 3.05) is 41.4 Å². The fourth-order valence-electron chi connectivity index (χ4n) is 2.77. The van der Waals surface area contributed by atoms with Crippen LogP contribution in [0.3, 0.4) is 0 Å². The lowest BCUT2D eigenvalue weighted by molar-refractivity contribution is 0.171. The largest absolute Gasteiger partial charge is 0.497 e. The Morgan fingerprint density at radius 1 is 1.26 bits per heavy atom. The van der Waals surface area contributed by atoms with Crippen LogP contribution in [0.1, 0.15) is 12.0 Å². The van der Waals surface area contributed by atoms with E-state index in [-0.39, 0.29) is 5.54 Å². The first-order valence-electron chi connectivity index (χ1n) is 6.70. The molecule has 1 fully saturated rings.